The van der Waals surface area contributed by atoms with Crippen LogP contribution in [-0.4, -0.2) is 39.4 Å². The number of rotatable bonds is 7. The Morgan fingerprint density at radius 3 is 2.51 bits per heavy atom. The second kappa shape index (κ2) is 11.7. The van der Waals surface area contributed by atoms with Crippen LogP contribution in [0.15, 0.2) is 85.7 Å². The predicted molar refractivity (Wildman–Crippen MR) is 159 cm³/mol. The number of carbonyl (C=O) groups excluding carboxylic acids is 1. The number of benzene rings is 2. The Hall–Kier alpha value is -4.84. The maximum atomic E-state index is 13.4. The van der Waals surface area contributed by atoms with Crippen molar-refractivity contribution in [3.8, 4) is 0 Å². The Kier molecular flexibility index (Phi) is 7.73. The Labute approximate surface area is 229 Å². The van der Waals surface area contributed by atoms with E-state index in [1.807, 2.05) is 78.8 Å². The first-order valence-corrected chi connectivity index (χ1v) is 13.0. The summed E-state index contributed by atoms with van der Waals surface area (Å²) in [5.41, 5.74) is 7.72. The van der Waals surface area contributed by atoms with E-state index in [-0.39, 0.29) is 5.91 Å². The van der Waals surface area contributed by atoms with Crippen LogP contribution >= 0.6 is 0 Å². The summed E-state index contributed by atoms with van der Waals surface area (Å²) in [5.74, 6) is 1.38. The average molecular weight is 514 g/mol. The molecule has 0 aliphatic carbocycles. The monoisotopic (exact) mass is 513 g/mol. The fourth-order valence-electron chi connectivity index (χ4n) is 4.66. The third-order valence-corrected chi connectivity index (χ3v) is 6.88. The van der Waals surface area contributed by atoms with Gasteiger partial charge in [0.1, 0.15) is 5.82 Å². The first-order valence-electron chi connectivity index (χ1n) is 13.0. The van der Waals surface area contributed by atoms with E-state index in [1.165, 1.54) is 5.56 Å². The fourth-order valence-corrected chi connectivity index (χ4v) is 4.66. The Morgan fingerprint density at radius 1 is 1.00 bits per heavy atom. The summed E-state index contributed by atoms with van der Waals surface area (Å²) in [6.07, 6.45) is 12.1. The molecule has 1 aliphatic heterocycles. The minimum absolute atomic E-state index is 0.00555. The molecule has 4 aromatic rings. The molecule has 2 aromatic heterocycles. The lowest BCUT2D eigenvalue weighted by atomic mass is 10.0. The zero-order valence-electron chi connectivity index (χ0n) is 22.3. The molecule has 0 radical (unpaired) electrons. The van der Waals surface area contributed by atoms with Crippen LogP contribution in [0, 0.1) is 6.92 Å². The number of aromatic nitrogens is 3. The normalized spacial score (nSPS) is 13.3. The molecular formula is C33H31N5O. The van der Waals surface area contributed by atoms with Gasteiger partial charge < -0.3 is 10.2 Å². The molecule has 1 amide bonds. The van der Waals surface area contributed by atoms with E-state index < -0.39 is 0 Å². The lowest BCUT2D eigenvalue weighted by molar-refractivity contribution is 0.0732. The van der Waals surface area contributed by atoms with Crippen molar-refractivity contribution in [2.24, 2.45) is 0 Å². The summed E-state index contributed by atoms with van der Waals surface area (Å²) in [7, 11) is 1.87. The number of aryl methyl sites for hydroxylation is 1. The molecule has 0 spiro atoms. The molecule has 3 heterocycles. The van der Waals surface area contributed by atoms with Crippen LogP contribution in [0.3, 0.4) is 0 Å². The molecule has 5 rings (SSSR count). The van der Waals surface area contributed by atoms with Gasteiger partial charge in [-0.05, 0) is 59.9 Å². The molecule has 6 nitrogen and oxygen atoms in total. The fraction of sp³-hybridized carbons (Fsp3) is 0.152. The third-order valence-electron chi connectivity index (χ3n) is 6.88. The Bertz CT molecular complexity index is 1560. The average Bonchev–Trinajstić information content (AvgIpc) is 2.99. The van der Waals surface area contributed by atoms with Gasteiger partial charge in [0, 0.05) is 42.7 Å². The first kappa shape index (κ1) is 25.8. The van der Waals surface area contributed by atoms with E-state index in [1.54, 1.807) is 12.3 Å². The predicted octanol–water partition coefficient (Wildman–Crippen LogP) is 6.32. The van der Waals surface area contributed by atoms with E-state index in [9.17, 15) is 4.79 Å². The van der Waals surface area contributed by atoms with Gasteiger partial charge in [0.15, 0.2) is 5.82 Å². The van der Waals surface area contributed by atoms with Gasteiger partial charge in [0.2, 0.25) is 0 Å². The van der Waals surface area contributed by atoms with E-state index in [4.69, 9.17) is 9.97 Å². The minimum atomic E-state index is -0.00555. The standard InChI is InChI=1S/C33H31N5O/c1-4-26(20-28-10-6-5-8-23(28)2)31-36-30-22-38(19-17-29(30)32(34-3)37-31)33(39)27-15-13-24(14-16-27)11-12-25-9-7-18-35-21-25/h4-16,18,20-21H,1,17,19,22H2,2-3H3,(H,34,36,37)/b12-11+,26-20+. The number of carbonyl (C=O) groups is 1. The van der Waals surface area contributed by atoms with Gasteiger partial charge in [-0.25, -0.2) is 9.97 Å². The Balaban J connectivity index is 1.37. The molecule has 0 atom stereocenters. The molecule has 1 aliphatic rings. The highest BCUT2D eigenvalue weighted by Gasteiger charge is 2.26. The van der Waals surface area contributed by atoms with Crippen LogP contribution in [0.1, 0.15) is 49.7 Å². The van der Waals surface area contributed by atoms with E-state index in [0.29, 0.717) is 30.9 Å². The van der Waals surface area contributed by atoms with Crippen LogP contribution in [-0.2, 0) is 13.0 Å². The largest absolute Gasteiger partial charge is 0.373 e. The van der Waals surface area contributed by atoms with Crippen molar-refractivity contribution in [2.45, 2.75) is 19.9 Å². The molecule has 2 aromatic carbocycles. The van der Waals surface area contributed by atoms with Gasteiger partial charge in [-0.15, -0.1) is 0 Å². The number of allylic oxidation sites excluding steroid dienone is 2. The van der Waals surface area contributed by atoms with Crippen molar-refractivity contribution in [1.82, 2.24) is 19.9 Å². The van der Waals surface area contributed by atoms with Crippen LogP contribution in [0.25, 0.3) is 23.8 Å². The topological polar surface area (TPSA) is 71.0 Å². The van der Waals surface area contributed by atoms with Gasteiger partial charge in [-0.3, -0.25) is 9.78 Å². The quantitative estimate of drug-likeness (QED) is 0.293. The van der Waals surface area contributed by atoms with E-state index in [0.717, 1.165) is 39.3 Å². The number of nitrogens with one attached hydrogen (secondary N) is 1. The van der Waals surface area contributed by atoms with Crippen molar-refractivity contribution in [1.29, 1.82) is 0 Å². The van der Waals surface area contributed by atoms with Crippen molar-refractivity contribution in [3.05, 3.63) is 131 Å². The molecule has 0 saturated heterocycles. The molecular weight excluding hydrogens is 482 g/mol. The van der Waals surface area contributed by atoms with Crippen LogP contribution in [0.4, 0.5) is 5.82 Å². The SMILES string of the molecule is C=C/C(=C\c1ccccc1C)c1nc2c(c(NC)n1)CCN(C(=O)c1ccc(/C=C/c3cccnc3)cc1)C2. The van der Waals surface area contributed by atoms with E-state index in [2.05, 4.69) is 42.0 Å². The number of pyridine rings is 1. The highest BCUT2D eigenvalue weighted by Crippen LogP contribution is 2.28. The van der Waals surface area contributed by atoms with Crippen molar-refractivity contribution in [3.63, 3.8) is 0 Å². The van der Waals surface area contributed by atoms with Gasteiger partial charge in [0.25, 0.3) is 5.91 Å². The molecule has 0 unspecified atom stereocenters. The lowest BCUT2D eigenvalue weighted by Crippen LogP contribution is -2.37. The summed E-state index contributed by atoms with van der Waals surface area (Å²) >= 11 is 0. The highest BCUT2D eigenvalue weighted by molar-refractivity contribution is 5.94. The first-order chi connectivity index (χ1) is 19.1. The molecule has 0 saturated carbocycles. The molecule has 0 fully saturated rings. The van der Waals surface area contributed by atoms with Crippen LogP contribution in [0.2, 0.25) is 0 Å². The second-order valence-electron chi connectivity index (χ2n) is 9.45. The molecule has 0 bridgehead atoms. The lowest BCUT2D eigenvalue weighted by Gasteiger charge is -2.29. The summed E-state index contributed by atoms with van der Waals surface area (Å²) in [4.78, 5) is 29.1. The Morgan fingerprint density at radius 2 is 1.79 bits per heavy atom. The summed E-state index contributed by atoms with van der Waals surface area (Å²) in [5, 5.41) is 3.23. The van der Waals surface area contributed by atoms with Crippen LogP contribution < -0.4 is 5.32 Å². The molecule has 6 heteroatoms. The van der Waals surface area contributed by atoms with Gasteiger partial charge >= 0.3 is 0 Å². The summed E-state index contributed by atoms with van der Waals surface area (Å²) in [6.45, 7) is 7.12. The van der Waals surface area contributed by atoms with Crippen LogP contribution in [0.5, 0.6) is 0 Å². The van der Waals surface area contributed by atoms with Crippen molar-refractivity contribution in [2.75, 3.05) is 18.9 Å². The van der Waals surface area contributed by atoms with Gasteiger partial charge in [-0.1, -0.05) is 67.3 Å². The maximum absolute atomic E-state index is 13.4. The van der Waals surface area contributed by atoms with E-state index >= 15 is 0 Å². The summed E-state index contributed by atoms with van der Waals surface area (Å²) in [6, 6.07) is 19.8. The number of hydrogen-bond acceptors (Lipinski definition) is 5. The number of amides is 1. The molecule has 1 N–H and O–H groups in total. The smallest absolute Gasteiger partial charge is 0.254 e. The minimum Gasteiger partial charge on any atom is -0.373 e. The maximum Gasteiger partial charge on any atom is 0.254 e. The van der Waals surface area contributed by atoms with Crippen molar-refractivity contribution >= 4 is 35.5 Å². The number of hydrogen-bond donors (Lipinski definition) is 1. The highest BCUT2D eigenvalue weighted by atomic mass is 16.2. The zero-order chi connectivity index (χ0) is 27.2. The third kappa shape index (κ3) is 5.85. The second-order valence-corrected chi connectivity index (χ2v) is 9.45. The molecule has 194 valence electrons. The van der Waals surface area contributed by atoms with Gasteiger partial charge in [-0.2, -0.15) is 0 Å². The van der Waals surface area contributed by atoms with Gasteiger partial charge in [0.05, 0.1) is 12.2 Å². The van der Waals surface area contributed by atoms with Crippen molar-refractivity contribution < 1.29 is 4.79 Å². The zero-order valence-corrected chi connectivity index (χ0v) is 22.3. The molecule has 39 heavy (non-hydrogen) atoms. The summed E-state index contributed by atoms with van der Waals surface area (Å²) < 4.78 is 0. The number of fused-ring (bicyclic) bond motifs is 1. The number of anilines is 1. The number of nitrogens with zero attached hydrogens (tertiary/aromatic N) is 4.